The number of rotatable bonds is 4. The number of Topliss-reactive ketones (excluding diaryl/α,β-unsaturated/α-hetero) is 1. The van der Waals surface area contributed by atoms with Gasteiger partial charge in [-0.05, 0) is 49.3 Å². The summed E-state index contributed by atoms with van der Waals surface area (Å²) in [5.74, 6) is -1.26. The molecule has 3 heterocycles. The van der Waals surface area contributed by atoms with Crippen LogP contribution in [-0.4, -0.2) is 47.6 Å². The first kappa shape index (κ1) is 17.3. The van der Waals surface area contributed by atoms with E-state index in [2.05, 4.69) is 21.7 Å². The van der Waals surface area contributed by atoms with Crippen LogP contribution in [-0.2, 0) is 4.79 Å². The highest BCUT2D eigenvalue weighted by Crippen LogP contribution is 2.52. The third-order valence-corrected chi connectivity index (χ3v) is 5.89. The summed E-state index contributed by atoms with van der Waals surface area (Å²) < 4.78 is 0. The standard InChI is InChI=1S/C19H24N4O3/c24-17(15-13(2-1-7-21-15)12-3-8-20-9-4-12)16-14(18(25)23-26)10-19(5-6-19)11-22-16/h1-3,7,14,16,20,22,26H,4-6,8-11H2,(H,23,25)/t14?,16-/m1/s1. The minimum atomic E-state index is -0.663. The molecule has 138 valence electrons. The smallest absolute Gasteiger partial charge is 0.248 e. The Balaban J connectivity index is 1.64. The molecule has 2 aliphatic heterocycles. The topological polar surface area (TPSA) is 103 Å². The van der Waals surface area contributed by atoms with E-state index >= 15 is 0 Å². The molecule has 3 aliphatic rings. The van der Waals surface area contributed by atoms with Gasteiger partial charge in [0.1, 0.15) is 5.69 Å². The van der Waals surface area contributed by atoms with Crippen molar-refractivity contribution >= 4 is 17.3 Å². The molecule has 0 aromatic carbocycles. The molecule has 1 aliphatic carbocycles. The summed E-state index contributed by atoms with van der Waals surface area (Å²) in [5, 5.41) is 15.7. The zero-order valence-corrected chi connectivity index (χ0v) is 14.6. The Hall–Kier alpha value is -2.09. The maximum absolute atomic E-state index is 13.3. The quantitative estimate of drug-likeness (QED) is 0.363. The molecule has 2 atom stereocenters. The lowest BCUT2D eigenvalue weighted by Gasteiger charge is -2.35. The van der Waals surface area contributed by atoms with Gasteiger partial charge < -0.3 is 10.6 Å². The molecular weight excluding hydrogens is 332 g/mol. The van der Waals surface area contributed by atoms with Crippen molar-refractivity contribution in [2.45, 2.75) is 31.7 Å². The van der Waals surface area contributed by atoms with Crippen molar-refractivity contribution in [1.82, 2.24) is 21.1 Å². The summed E-state index contributed by atoms with van der Waals surface area (Å²) in [4.78, 5) is 29.9. The van der Waals surface area contributed by atoms with Crippen molar-refractivity contribution in [3.63, 3.8) is 0 Å². The van der Waals surface area contributed by atoms with Crippen molar-refractivity contribution in [1.29, 1.82) is 0 Å². The Morgan fingerprint density at radius 2 is 2.19 bits per heavy atom. The fourth-order valence-electron chi connectivity index (χ4n) is 4.16. The number of hydroxylamine groups is 1. The van der Waals surface area contributed by atoms with Crippen LogP contribution in [0.2, 0.25) is 0 Å². The molecule has 26 heavy (non-hydrogen) atoms. The molecule has 2 fully saturated rings. The van der Waals surface area contributed by atoms with Crippen molar-refractivity contribution in [2.75, 3.05) is 19.6 Å². The van der Waals surface area contributed by atoms with Gasteiger partial charge in [0.15, 0.2) is 5.78 Å². The number of carbonyl (C=O) groups is 2. The first-order valence-corrected chi connectivity index (χ1v) is 9.20. The van der Waals surface area contributed by atoms with Gasteiger partial charge in [-0.1, -0.05) is 12.1 Å². The van der Waals surface area contributed by atoms with E-state index in [1.54, 1.807) is 11.7 Å². The molecular formula is C19H24N4O3. The van der Waals surface area contributed by atoms with Crippen molar-refractivity contribution < 1.29 is 14.8 Å². The van der Waals surface area contributed by atoms with Crippen LogP contribution >= 0.6 is 0 Å². The highest BCUT2D eigenvalue weighted by molar-refractivity contribution is 6.04. The average molecular weight is 356 g/mol. The molecule has 1 aromatic heterocycles. The first-order valence-electron chi connectivity index (χ1n) is 9.20. The lowest BCUT2D eigenvalue weighted by molar-refractivity contribution is -0.135. The lowest BCUT2D eigenvalue weighted by Crippen LogP contribution is -2.55. The SMILES string of the molecule is O=C(NO)C1CC2(CC2)CN[C@H]1C(=O)c1ncccc1C1=CCNCC1. The van der Waals surface area contributed by atoms with Crippen LogP contribution in [0.25, 0.3) is 5.57 Å². The maximum atomic E-state index is 13.3. The Morgan fingerprint density at radius 1 is 1.35 bits per heavy atom. The van der Waals surface area contributed by atoms with Gasteiger partial charge in [-0.15, -0.1) is 0 Å². The van der Waals surface area contributed by atoms with E-state index in [-0.39, 0.29) is 11.2 Å². The molecule has 4 N–H and O–H groups in total. The van der Waals surface area contributed by atoms with E-state index < -0.39 is 17.9 Å². The number of aromatic nitrogens is 1. The number of carbonyl (C=O) groups excluding carboxylic acids is 2. The van der Waals surface area contributed by atoms with Crippen LogP contribution in [0.3, 0.4) is 0 Å². The second-order valence-electron chi connectivity index (χ2n) is 7.59. The van der Waals surface area contributed by atoms with Crippen LogP contribution < -0.4 is 16.1 Å². The van der Waals surface area contributed by atoms with Crippen LogP contribution in [0.15, 0.2) is 24.4 Å². The fourth-order valence-corrected chi connectivity index (χ4v) is 4.16. The van der Waals surface area contributed by atoms with Crippen LogP contribution in [0, 0.1) is 11.3 Å². The normalized spacial score (nSPS) is 26.9. The molecule has 1 amide bonds. The van der Waals surface area contributed by atoms with Crippen molar-refractivity contribution in [2.24, 2.45) is 11.3 Å². The number of pyridine rings is 1. The summed E-state index contributed by atoms with van der Waals surface area (Å²) in [7, 11) is 0. The third kappa shape index (κ3) is 3.18. The Labute approximate surface area is 152 Å². The van der Waals surface area contributed by atoms with Gasteiger partial charge in [0.25, 0.3) is 0 Å². The second-order valence-corrected chi connectivity index (χ2v) is 7.59. The molecule has 1 saturated heterocycles. The number of hydrogen-bond acceptors (Lipinski definition) is 6. The molecule has 1 aromatic rings. The summed E-state index contributed by atoms with van der Waals surface area (Å²) in [6.45, 7) is 2.37. The summed E-state index contributed by atoms with van der Waals surface area (Å²) in [6.07, 6.45) is 7.29. The zero-order chi connectivity index (χ0) is 18.1. The highest BCUT2D eigenvalue weighted by atomic mass is 16.5. The molecule has 7 nitrogen and oxygen atoms in total. The van der Waals surface area contributed by atoms with Gasteiger partial charge in [0.2, 0.25) is 5.91 Å². The molecule has 1 saturated carbocycles. The largest absolute Gasteiger partial charge is 0.313 e. The Morgan fingerprint density at radius 3 is 2.88 bits per heavy atom. The Bertz CT molecular complexity index is 757. The van der Waals surface area contributed by atoms with E-state index in [1.165, 1.54) is 0 Å². The molecule has 0 bridgehead atoms. The van der Waals surface area contributed by atoms with E-state index in [4.69, 9.17) is 5.21 Å². The van der Waals surface area contributed by atoms with E-state index in [9.17, 15) is 9.59 Å². The van der Waals surface area contributed by atoms with Crippen molar-refractivity contribution in [3.05, 3.63) is 35.7 Å². The second kappa shape index (κ2) is 6.90. The molecule has 7 heteroatoms. The summed E-state index contributed by atoms with van der Waals surface area (Å²) >= 11 is 0. The minimum absolute atomic E-state index is 0.110. The van der Waals surface area contributed by atoms with Gasteiger partial charge in [-0.3, -0.25) is 19.8 Å². The van der Waals surface area contributed by atoms with Crippen LogP contribution in [0.1, 0.15) is 41.7 Å². The average Bonchev–Trinajstić information content (AvgIpc) is 3.46. The zero-order valence-electron chi connectivity index (χ0n) is 14.6. The molecule has 0 radical (unpaired) electrons. The van der Waals surface area contributed by atoms with E-state index in [1.807, 2.05) is 12.1 Å². The number of amides is 1. The first-order chi connectivity index (χ1) is 12.6. The summed E-state index contributed by atoms with van der Waals surface area (Å²) in [6, 6.07) is 3.09. The van der Waals surface area contributed by atoms with Gasteiger partial charge in [-0.25, -0.2) is 5.48 Å². The van der Waals surface area contributed by atoms with Gasteiger partial charge in [0.05, 0.1) is 12.0 Å². The molecule has 1 unspecified atom stereocenters. The number of ketones is 1. The fraction of sp³-hybridized carbons (Fsp3) is 0.526. The van der Waals surface area contributed by atoms with E-state index in [0.717, 1.165) is 50.0 Å². The highest BCUT2D eigenvalue weighted by Gasteiger charge is 2.52. The monoisotopic (exact) mass is 356 g/mol. The van der Waals surface area contributed by atoms with Crippen LogP contribution in [0.5, 0.6) is 0 Å². The van der Waals surface area contributed by atoms with Gasteiger partial charge >= 0.3 is 0 Å². The lowest BCUT2D eigenvalue weighted by atomic mass is 9.79. The summed E-state index contributed by atoms with van der Waals surface area (Å²) in [5.41, 5.74) is 4.21. The Kier molecular flexibility index (Phi) is 4.60. The van der Waals surface area contributed by atoms with Crippen molar-refractivity contribution in [3.8, 4) is 0 Å². The third-order valence-electron chi connectivity index (χ3n) is 5.89. The number of nitrogens with zero attached hydrogens (tertiary/aromatic N) is 1. The minimum Gasteiger partial charge on any atom is -0.313 e. The maximum Gasteiger partial charge on any atom is 0.248 e. The molecule has 1 spiro atoms. The van der Waals surface area contributed by atoms with Gasteiger partial charge in [-0.2, -0.15) is 0 Å². The van der Waals surface area contributed by atoms with Gasteiger partial charge in [0, 0.05) is 24.8 Å². The molecule has 4 rings (SSSR count). The number of piperidine rings is 1. The van der Waals surface area contributed by atoms with Crippen LogP contribution in [0.4, 0.5) is 0 Å². The number of hydrogen-bond donors (Lipinski definition) is 4. The predicted molar refractivity (Wildman–Crippen MR) is 95.5 cm³/mol. The number of nitrogens with one attached hydrogen (secondary N) is 3. The van der Waals surface area contributed by atoms with E-state index in [0.29, 0.717) is 12.1 Å². The predicted octanol–water partition coefficient (Wildman–Crippen LogP) is 0.905.